The Kier molecular flexibility index (Phi) is 6.38. The van der Waals surface area contributed by atoms with Crippen molar-refractivity contribution in [3.05, 3.63) is 135 Å². The Morgan fingerprint density at radius 3 is 2.66 bits per heavy atom. The van der Waals surface area contributed by atoms with Crippen molar-refractivity contribution in [2.75, 3.05) is 0 Å². The first-order valence-corrected chi connectivity index (χ1v) is 14.9. The predicted molar refractivity (Wildman–Crippen MR) is 167 cm³/mol. The van der Waals surface area contributed by atoms with Gasteiger partial charge in [-0.25, -0.2) is 9.97 Å². The Morgan fingerprint density at radius 2 is 1.80 bits per heavy atom. The maximum absolute atomic E-state index is 14.9. The van der Waals surface area contributed by atoms with Crippen molar-refractivity contribution in [3.8, 4) is 0 Å². The number of rotatable bonds is 5. The SMILES string of the molecule is FC(F)(F)C1=CC=c2c(ccc3c2=CCC2=C3C=CCC2)C1C(NCc1ccccc1)c1ccc2ccc3ncnc3c2o1. The van der Waals surface area contributed by atoms with Crippen molar-refractivity contribution >= 4 is 39.7 Å². The van der Waals surface area contributed by atoms with E-state index in [1.807, 2.05) is 60.7 Å². The topological polar surface area (TPSA) is 51.0 Å². The highest BCUT2D eigenvalue weighted by molar-refractivity contribution is 6.00. The summed E-state index contributed by atoms with van der Waals surface area (Å²) in [4.78, 5) is 8.68. The van der Waals surface area contributed by atoms with Crippen LogP contribution in [0.3, 0.4) is 0 Å². The van der Waals surface area contributed by atoms with Crippen LogP contribution in [0.25, 0.3) is 39.7 Å². The van der Waals surface area contributed by atoms with Gasteiger partial charge in [-0.15, -0.1) is 0 Å². The van der Waals surface area contributed by atoms with E-state index in [0.717, 1.165) is 46.2 Å². The fourth-order valence-corrected chi connectivity index (χ4v) is 6.96. The molecule has 5 aromatic rings. The molecule has 8 rings (SSSR count). The maximum Gasteiger partial charge on any atom is 0.413 e. The lowest BCUT2D eigenvalue weighted by Gasteiger charge is -2.34. The van der Waals surface area contributed by atoms with Crippen LogP contribution in [-0.4, -0.2) is 16.1 Å². The first kappa shape index (κ1) is 26.8. The second kappa shape index (κ2) is 10.5. The van der Waals surface area contributed by atoms with Crippen LogP contribution in [0, 0.1) is 0 Å². The molecule has 2 atom stereocenters. The van der Waals surface area contributed by atoms with E-state index >= 15 is 0 Å². The van der Waals surface area contributed by atoms with E-state index < -0.39 is 23.7 Å². The second-order valence-corrected chi connectivity index (χ2v) is 11.6. The Balaban J connectivity index is 1.33. The smallest absolute Gasteiger partial charge is 0.413 e. The van der Waals surface area contributed by atoms with E-state index in [-0.39, 0.29) is 0 Å². The minimum Gasteiger partial charge on any atom is -0.457 e. The van der Waals surface area contributed by atoms with Gasteiger partial charge in [0, 0.05) is 23.4 Å². The molecule has 4 nitrogen and oxygen atoms in total. The lowest BCUT2D eigenvalue weighted by Crippen LogP contribution is -2.41. The number of alkyl halides is 3. The molecule has 1 N–H and O–H groups in total. The van der Waals surface area contributed by atoms with Crippen LogP contribution in [0.4, 0.5) is 13.2 Å². The minimum absolute atomic E-state index is 0.359. The quantitative estimate of drug-likeness (QED) is 0.231. The fourth-order valence-electron chi connectivity index (χ4n) is 6.96. The normalized spacial score (nSPS) is 18.2. The van der Waals surface area contributed by atoms with E-state index in [1.54, 1.807) is 12.1 Å². The standard InChI is InChI=1S/C37H28F3N3O/c38-37(39,40)30-17-16-28-27-13-10-23-8-4-5-9-25(23)26(27)14-15-29(28)33(30)35(41-20-22-6-2-1-3-7-22)32-19-12-24-11-18-31-34(36(24)44-32)43-21-42-31/h1-3,5-7,9,11-19,21,33,35,41H,4,8,10,20H2. The Hall–Kier alpha value is -4.75. The molecule has 0 spiro atoms. The number of aromatic nitrogens is 2. The molecule has 7 heteroatoms. The minimum atomic E-state index is -4.55. The molecule has 2 aromatic heterocycles. The molecule has 0 saturated carbocycles. The van der Waals surface area contributed by atoms with Crippen molar-refractivity contribution in [3.63, 3.8) is 0 Å². The number of nitrogens with zero attached hydrogens (tertiary/aromatic N) is 2. The number of hydrogen-bond donors (Lipinski definition) is 1. The van der Waals surface area contributed by atoms with Gasteiger partial charge in [0.1, 0.15) is 17.6 Å². The number of fused-ring (bicyclic) bond motifs is 7. The van der Waals surface area contributed by atoms with Crippen molar-refractivity contribution in [2.45, 2.75) is 43.9 Å². The molecular weight excluding hydrogens is 559 g/mol. The molecule has 44 heavy (non-hydrogen) atoms. The van der Waals surface area contributed by atoms with E-state index in [1.165, 1.54) is 23.5 Å². The van der Waals surface area contributed by atoms with Gasteiger partial charge < -0.3 is 9.73 Å². The number of halogens is 3. The van der Waals surface area contributed by atoms with Gasteiger partial charge in [0.05, 0.1) is 11.6 Å². The molecular formula is C37H28F3N3O. The highest BCUT2D eigenvalue weighted by Crippen LogP contribution is 2.45. The number of hydrogen-bond acceptors (Lipinski definition) is 4. The van der Waals surface area contributed by atoms with Crippen LogP contribution in [0.15, 0.2) is 107 Å². The van der Waals surface area contributed by atoms with E-state index in [0.29, 0.717) is 34.5 Å². The van der Waals surface area contributed by atoms with Gasteiger partial charge >= 0.3 is 6.18 Å². The van der Waals surface area contributed by atoms with Gasteiger partial charge in [-0.05, 0) is 76.2 Å². The summed E-state index contributed by atoms with van der Waals surface area (Å²) in [5.41, 5.74) is 6.43. The zero-order valence-corrected chi connectivity index (χ0v) is 23.7. The van der Waals surface area contributed by atoms with Crippen molar-refractivity contribution < 1.29 is 17.6 Å². The Bertz CT molecular complexity index is 2160. The first-order chi connectivity index (χ1) is 21.5. The number of benzene rings is 3. The highest BCUT2D eigenvalue weighted by atomic mass is 19.4. The summed E-state index contributed by atoms with van der Waals surface area (Å²) in [7, 11) is 0. The van der Waals surface area contributed by atoms with Crippen LogP contribution in [0.1, 0.15) is 53.7 Å². The molecule has 0 bridgehead atoms. The van der Waals surface area contributed by atoms with Crippen LogP contribution in [0.5, 0.6) is 0 Å². The zero-order valence-electron chi connectivity index (χ0n) is 23.7. The lowest BCUT2D eigenvalue weighted by molar-refractivity contribution is -0.0972. The molecule has 218 valence electrons. The van der Waals surface area contributed by atoms with Gasteiger partial charge in [-0.1, -0.05) is 78.4 Å². The van der Waals surface area contributed by atoms with Gasteiger partial charge in [-0.2, -0.15) is 13.2 Å². The van der Waals surface area contributed by atoms with E-state index in [2.05, 4.69) is 33.5 Å². The summed E-state index contributed by atoms with van der Waals surface area (Å²) >= 11 is 0. The molecule has 0 aliphatic heterocycles. The van der Waals surface area contributed by atoms with Crippen LogP contribution < -0.4 is 15.8 Å². The predicted octanol–water partition coefficient (Wildman–Crippen LogP) is 7.56. The summed E-state index contributed by atoms with van der Waals surface area (Å²) in [5.74, 6) is -0.653. The van der Waals surface area contributed by atoms with Gasteiger partial charge in [0.2, 0.25) is 0 Å². The van der Waals surface area contributed by atoms with Gasteiger partial charge in [-0.3, -0.25) is 0 Å². The van der Waals surface area contributed by atoms with E-state index in [9.17, 15) is 13.2 Å². The molecule has 2 heterocycles. The molecule has 0 radical (unpaired) electrons. The number of allylic oxidation sites excluding steroid dienone is 5. The summed E-state index contributed by atoms with van der Waals surface area (Å²) in [6.45, 7) is 0.359. The number of imidazole rings is 1. The van der Waals surface area contributed by atoms with Gasteiger partial charge in [0.25, 0.3) is 0 Å². The largest absolute Gasteiger partial charge is 0.457 e. The third-order valence-electron chi connectivity index (χ3n) is 9.05. The summed E-state index contributed by atoms with van der Waals surface area (Å²) < 4.78 is 51.2. The number of nitrogens with one attached hydrogen (secondary N) is 1. The fraction of sp³-hybridized carbons (Fsp3) is 0.189. The molecule has 0 amide bonds. The monoisotopic (exact) mass is 587 g/mol. The molecule has 0 fully saturated rings. The van der Waals surface area contributed by atoms with Gasteiger partial charge in [0.15, 0.2) is 5.58 Å². The molecule has 0 saturated heterocycles. The second-order valence-electron chi connectivity index (χ2n) is 11.6. The van der Waals surface area contributed by atoms with Crippen LogP contribution >= 0.6 is 0 Å². The summed E-state index contributed by atoms with van der Waals surface area (Å²) in [5, 5.41) is 6.13. The van der Waals surface area contributed by atoms with E-state index in [4.69, 9.17) is 4.42 Å². The first-order valence-electron chi connectivity index (χ1n) is 14.9. The average Bonchev–Trinajstić information content (AvgIpc) is 3.54. The summed E-state index contributed by atoms with van der Waals surface area (Å²) in [6.07, 6.45) is 9.21. The Labute approximate surface area is 251 Å². The molecule has 3 aromatic carbocycles. The highest BCUT2D eigenvalue weighted by Gasteiger charge is 2.45. The van der Waals surface area contributed by atoms with Crippen molar-refractivity contribution in [1.29, 1.82) is 0 Å². The molecule has 3 aliphatic carbocycles. The average molecular weight is 588 g/mol. The zero-order chi connectivity index (χ0) is 29.8. The lowest BCUT2D eigenvalue weighted by atomic mass is 9.76. The summed E-state index contributed by atoms with van der Waals surface area (Å²) in [6, 6.07) is 20.2. The Morgan fingerprint density at radius 1 is 0.932 bits per heavy atom. The third-order valence-corrected chi connectivity index (χ3v) is 9.05. The third kappa shape index (κ3) is 4.50. The molecule has 3 aliphatic rings. The van der Waals surface area contributed by atoms with Crippen molar-refractivity contribution in [1.82, 2.24) is 15.3 Å². The van der Waals surface area contributed by atoms with Crippen LogP contribution in [-0.2, 0) is 6.54 Å². The molecule has 2 unspecified atom stereocenters. The van der Waals surface area contributed by atoms with Crippen LogP contribution in [0.2, 0.25) is 0 Å². The van der Waals surface area contributed by atoms with Crippen molar-refractivity contribution in [2.24, 2.45) is 0 Å². The maximum atomic E-state index is 14.9.